The van der Waals surface area contributed by atoms with E-state index in [1.165, 1.54) is 18.2 Å². The summed E-state index contributed by atoms with van der Waals surface area (Å²) in [6.07, 6.45) is -4.56. The first-order valence-electron chi connectivity index (χ1n) is 15.3. The van der Waals surface area contributed by atoms with Crippen molar-refractivity contribution in [3.05, 3.63) is 157 Å². The molecule has 0 fully saturated rings. The summed E-state index contributed by atoms with van der Waals surface area (Å²) in [7, 11) is 0. The molecule has 0 radical (unpaired) electrons. The van der Waals surface area contributed by atoms with Crippen LogP contribution < -0.4 is 0 Å². The molecule has 0 amide bonds. The van der Waals surface area contributed by atoms with Crippen LogP contribution in [0.4, 0.5) is 22.0 Å². The number of halogens is 5. The van der Waals surface area contributed by atoms with E-state index in [2.05, 4.69) is 0 Å². The van der Waals surface area contributed by atoms with E-state index < -0.39 is 23.4 Å². The minimum absolute atomic E-state index is 0.214. The third-order valence-electron chi connectivity index (χ3n) is 8.38. The first-order valence-corrected chi connectivity index (χ1v) is 15.3. The average molecular weight is 655 g/mol. The molecule has 0 saturated carbocycles. The lowest BCUT2D eigenvalue weighted by Gasteiger charge is -2.16. The van der Waals surface area contributed by atoms with Crippen molar-refractivity contribution < 1.29 is 22.0 Å². The zero-order valence-corrected chi connectivity index (χ0v) is 25.5. The van der Waals surface area contributed by atoms with Gasteiger partial charge in [0.25, 0.3) is 0 Å². The maximum atomic E-state index is 14.6. The van der Waals surface area contributed by atoms with Crippen LogP contribution in [0.3, 0.4) is 0 Å². The number of hydrogen-bond donors (Lipinski definition) is 0. The van der Waals surface area contributed by atoms with Crippen molar-refractivity contribution in [3.63, 3.8) is 0 Å². The van der Waals surface area contributed by atoms with Crippen LogP contribution in [-0.2, 0) is 6.18 Å². The highest BCUT2D eigenvalue weighted by Crippen LogP contribution is 2.40. The fourth-order valence-corrected chi connectivity index (χ4v) is 6.17. The number of alkyl halides is 3. The lowest BCUT2D eigenvalue weighted by atomic mass is 9.97. The molecular formula is C40H23F5N4. The van der Waals surface area contributed by atoms with Gasteiger partial charge in [0, 0.05) is 39.2 Å². The van der Waals surface area contributed by atoms with Gasteiger partial charge in [0.05, 0.1) is 16.6 Å². The zero-order chi connectivity index (χ0) is 33.7. The van der Waals surface area contributed by atoms with E-state index in [1.54, 1.807) is 22.8 Å². The molecule has 0 aliphatic carbocycles. The highest BCUT2D eigenvalue weighted by molar-refractivity contribution is 6.09. The van der Waals surface area contributed by atoms with Crippen molar-refractivity contribution in [2.45, 2.75) is 6.18 Å². The molecule has 8 rings (SSSR count). The van der Waals surface area contributed by atoms with Gasteiger partial charge in [-0.1, -0.05) is 91.0 Å². The van der Waals surface area contributed by atoms with Gasteiger partial charge in [-0.3, -0.25) is 0 Å². The van der Waals surface area contributed by atoms with Crippen LogP contribution in [0.2, 0.25) is 0 Å². The van der Waals surface area contributed by atoms with Crippen LogP contribution in [0.1, 0.15) is 5.56 Å². The lowest BCUT2D eigenvalue weighted by molar-refractivity contribution is -0.137. The van der Waals surface area contributed by atoms with Crippen molar-refractivity contribution in [2.75, 3.05) is 0 Å². The highest BCUT2D eigenvalue weighted by Gasteiger charge is 2.31. The van der Waals surface area contributed by atoms with Crippen LogP contribution in [0.25, 0.3) is 72.8 Å². The largest absolute Gasteiger partial charge is 0.416 e. The molecular weight excluding hydrogens is 631 g/mol. The molecule has 0 N–H and O–H groups in total. The minimum Gasteiger partial charge on any atom is -0.309 e. The molecule has 0 saturated heterocycles. The summed E-state index contributed by atoms with van der Waals surface area (Å²) in [4.78, 5) is 14.5. The molecule has 0 atom stereocenters. The van der Waals surface area contributed by atoms with Crippen molar-refractivity contribution >= 4 is 21.8 Å². The number of aromatic nitrogens is 4. The normalized spacial score (nSPS) is 11.8. The number of fused-ring (bicyclic) bond motifs is 3. The first kappa shape index (κ1) is 30.1. The predicted octanol–water partition coefficient (Wildman–Crippen LogP) is 10.9. The number of nitrogens with zero attached hydrogens (tertiary/aromatic N) is 4. The zero-order valence-electron chi connectivity index (χ0n) is 25.5. The van der Waals surface area contributed by atoms with E-state index in [0.717, 1.165) is 34.7 Å². The Balaban J connectivity index is 1.44. The van der Waals surface area contributed by atoms with E-state index in [0.29, 0.717) is 44.9 Å². The van der Waals surface area contributed by atoms with Gasteiger partial charge in [-0.15, -0.1) is 0 Å². The maximum Gasteiger partial charge on any atom is 0.416 e. The van der Waals surface area contributed by atoms with Gasteiger partial charge < -0.3 is 4.57 Å². The summed E-state index contributed by atoms with van der Waals surface area (Å²) in [6, 6.07) is 38.0. The van der Waals surface area contributed by atoms with Crippen LogP contribution in [-0.4, -0.2) is 19.5 Å². The molecule has 238 valence electrons. The van der Waals surface area contributed by atoms with Gasteiger partial charge in [0.1, 0.15) is 11.6 Å². The monoisotopic (exact) mass is 654 g/mol. The predicted molar refractivity (Wildman–Crippen MR) is 181 cm³/mol. The van der Waals surface area contributed by atoms with Crippen molar-refractivity contribution in [1.82, 2.24) is 19.5 Å². The summed E-state index contributed by atoms with van der Waals surface area (Å²) < 4.78 is 72.9. The second kappa shape index (κ2) is 11.8. The Morgan fingerprint density at radius 2 is 1.02 bits per heavy atom. The van der Waals surface area contributed by atoms with E-state index >= 15 is 0 Å². The molecule has 6 aromatic carbocycles. The van der Waals surface area contributed by atoms with Gasteiger partial charge in [-0.25, -0.2) is 23.7 Å². The van der Waals surface area contributed by atoms with Crippen LogP contribution in [0.5, 0.6) is 0 Å². The molecule has 0 spiro atoms. The molecule has 2 aromatic heterocycles. The Labute approximate surface area is 276 Å². The topological polar surface area (TPSA) is 43.6 Å². The molecule has 0 aliphatic heterocycles. The van der Waals surface area contributed by atoms with E-state index in [9.17, 15) is 22.0 Å². The molecule has 0 aliphatic rings. The SMILES string of the molecule is Fc1cc(F)cc(-c2ccc(-n3c4ccccc4c4ccc(C(F)(F)F)cc43)cc2-c2nc(-c3ccccc3)nc(-c3ccccc3)n2)c1. The molecule has 9 heteroatoms. The Hall–Kier alpha value is -6.22. The molecule has 49 heavy (non-hydrogen) atoms. The number of hydrogen-bond acceptors (Lipinski definition) is 3. The second-order valence-electron chi connectivity index (χ2n) is 11.5. The fourth-order valence-electron chi connectivity index (χ4n) is 6.17. The van der Waals surface area contributed by atoms with Gasteiger partial charge in [0.2, 0.25) is 0 Å². The smallest absolute Gasteiger partial charge is 0.309 e. The number of rotatable bonds is 5. The van der Waals surface area contributed by atoms with Crippen LogP contribution >= 0.6 is 0 Å². The van der Waals surface area contributed by atoms with E-state index in [-0.39, 0.29) is 11.4 Å². The average Bonchev–Trinajstić information content (AvgIpc) is 3.45. The molecule has 0 bridgehead atoms. The standard InChI is InChI=1S/C40H23F5N4/c41-28-19-26(20-29(42)22-28)31-18-16-30(49-35-14-8-7-13-32(35)33-17-15-27(21-36(33)49)40(43,44)45)23-34(31)39-47-37(24-9-3-1-4-10-24)46-38(48-39)25-11-5-2-6-12-25/h1-23H. The highest BCUT2D eigenvalue weighted by atomic mass is 19.4. The van der Waals surface area contributed by atoms with E-state index in [4.69, 9.17) is 15.0 Å². The quantitative estimate of drug-likeness (QED) is 0.174. The maximum absolute atomic E-state index is 14.6. The summed E-state index contributed by atoms with van der Waals surface area (Å²) in [5.41, 5.74) is 3.25. The number of benzene rings is 6. The fraction of sp³-hybridized carbons (Fsp3) is 0.0250. The number of para-hydroxylation sites is 1. The molecule has 8 aromatic rings. The molecule has 2 heterocycles. The second-order valence-corrected chi connectivity index (χ2v) is 11.5. The Morgan fingerprint density at radius 1 is 0.449 bits per heavy atom. The summed E-state index contributed by atoms with van der Waals surface area (Å²) in [5.74, 6) is -0.572. The lowest BCUT2D eigenvalue weighted by Crippen LogP contribution is -2.05. The first-order chi connectivity index (χ1) is 23.7. The Morgan fingerprint density at radius 3 is 1.65 bits per heavy atom. The molecule has 0 unspecified atom stereocenters. The van der Waals surface area contributed by atoms with Crippen molar-refractivity contribution in [3.8, 4) is 51.0 Å². The van der Waals surface area contributed by atoms with Crippen molar-refractivity contribution in [2.24, 2.45) is 0 Å². The third kappa shape index (κ3) is 5.59. The van der Waals surface area contributed by atoms with Gasteiger partial charge in [0.15, 0.2) is 17.5 Å². The minimum atomic E-state index is -4.56. The Bertz CT molecular complexity index is 2430. The molecule has 4 nitrogen and oxygen atoms in total. The van der Waals surface area contributed by atoms with Gasteiger partial charge >= 0.3 is 6.18 Å². The van der Waals surface area contributed by atoms with Crippen LogP contribution in [0, 0.1) is 11.6 Å². The Kier molecular flexibility index (Phi) is 7.25. The van der Waals surface area contributed by atoms with Crippen LogP contribution in [0.15, 0.2) is 140 Å². The van der Waals surface area contributed by atoms with Gasteiger partial charge in [-0.05, 0) is 53.6 Å². The van der Waals surface area contributed by atoms with Crippen molar-refractivity contribution in [1.29, 1.82) is 0 Å². The summed E-state index contributed by atoms with van der Waals surface area (Å²) in [6.45, 7) is 0. The third-order valence-corrected chi connectivity index (χ3v) is 8.38. The van der Waals surface area contributed by atoms with Gasteiger partial charge in [-0.2, -0.15) is 13.2 Å². The summed E-state index contributed by atoms with van der Waals surface area (Å²) in [5, 5.41) is 1.40. The van der Waals surface area contributed by atoms with E-state index in [1.807, 2.05) is 84.9 Å². The summed E-state index contributed by atoms with van der Waals surface area (Å²) >= 11 is 0.